The molecule has 0 spiro atoms. The molecule has 27 heavy (non-hydrogen) atoms. The monoisotopic (exact) mass is 388 g/mol. The van der Waals surface area contributed by atoms with Gasteiger partial charge in [-0.2, -0.15) is 0 Å². The van der Waals surface area contributed by atoms with Crippen molar-refractivity contribution in [2.45, 2.75) is 32.9 Å². The van der Waals surface area contributed by atoms with Crippen molar-refractivity contribution < 1.29 is 14.0 Å². The van der Waals surface area contributed by atoms with E-state index in [0.29, 0.717) is 35.8 Å². The fraction of sp³-hybridized carbons (Fsp3) is 0.333. The summed E-state index contributed by atoms with van der Waals surface area (Å²) in [4.78, 5) is 20.0. The van der Waals surface area contributed by atoms with E-state index in [1.54, 1.807) is 23.1 Å². The van der Waals surface area contributed by atoms with Gasteiger partial charge in [0, 0.05) is 29.5 Å². The number of halogens is 2. The summed E-state index contributed by atoms with van der Waals surface area (Å²) in [5.41, 5.74) is 2.36. The van der Waals surface area contributed by atoms with Gasteiger partial charge in [-0.3, -0.25) is 4.79 Å². The van der Waals surface area contributed by atoms with Crippen LogP contribution in [0.5, 0.6) is 0 Å². The summed E-state index contributed by atoms with van der Waals surface area (Å²) in [6.07, 6.45) is 0.270. The first-order chi connectivity index (χ1) is 12.9. The van der Waals surface area contributed by atoms with E-state index in [4.69, 9.17) is 16.4 Å². The third-order valence-corrected chi connectivity index (χ3v) is 4.62. The molecule has 142 valence electrons. The van der Waals surface area contributed by atoms with Crippen LogP contribution in [0.15, 0.2) is 53.7 Å². The molecule has 1 atom stereocenters. The van der Waals surface area contributed by atoms with Crippen molar-refractivity contribution in [3.8, 4) is 0 Å². The molecule has 0 aliphatic carbocycles. The Morgan fingerprint density at radius 3 is 2.78 bits per heavy atom. The summed E-state index contributed by atoms with van der Waals surface area (Å²) >= 11 is 6.06. The maximum absolute atomic E-state index is 13.4. The highest BCUT2D eigenvalue weighted by molar-refractivity contribution is 6.30. The molecule has 0 unspecified atom stereocenters. The smallest absolute Gasteiger partial charge is 0.225 e. The van der Waals surface area contributed by atoms with Crippen LogP contribution < -0.4 is 0 Å². The van der Waals surface area contributed by atoms with E-state index >= 15 is 0 Å². The molecule has 0 aromatic heterocycles. The molecule has 6 heteroatoms. The average molecular weight is 389 g/mol. The van der Waals surface area contributed by atoms with E-state index in [1.807, 2.05) is 32.0 Å². The van der Waals surface area contributed by atoms with E-state index in [9.17, 15) is 9.18 Å². The summed E-state index contributed by atoms with van der Waals surface area (Å²) in [5, 5.41) is 4.74. The van der Waals surface area contributed by atoms with E-state index in [0.717, 1.165) is 5.56 Å². The summed E-state index contributed by atoms with van der Waals surface area (Å²) in [7, 11) is 0. The normalized spacial score (nSPS) is 16.2. The minimum atomic E-state index is -0.309. The van der Waals surface area contributed by atoms with Crippen LogP contribution in [0.3, 0.4) is 0 Å². The molecule has 0 bridgehead atoms. The highest BCUT2D eigenvalue weighted by Gasteiger charge is 2.28. The topological polar surface area (TPSA) is 41.9 Å². The van der Waals surface area contributed by atoms with Crippen molar-refractivity contribution in [2.75, 3.05) is 6.54 Å². The number of nitrogens with zero attached hydrogens (tertiary/aromatic N) is 2. The SMILES string of the molecule is CC(C)C(=O)N(Cc1cccc(Cl)c1)C[C@H]1CC(c2cccc(F)c2)=NO1. The second-order valence-electron chi connectivity index (χ2n) is 6.98. The number of benzene rings is 2. The molecule has 2 aromatic carbocycles. The number of rotatable bonds is 6. The fourth-order valence-electron chi connectivity index (χ4n) is 3.06. The van der Waals surface area contributed by atoms with Crippen LogP contribution >= 0.6 is 11.6 Å². The summed E-state index contributed by atoms with van der Waals surface area (Å²) in [5.74, 6) is -0.400. The van der Waals surface area contributed by atoms with Crippen LogP contribution in [0.1, 0.15) is 31.4 Å². The Kier molecular flexibility index (Phi) is 6.11. The number of amides is 1. The zero-order valence-electron chi connectivity index (χ0n) is 15.4. The quantitative estimate of drug-likeness (QED) is 0.722. The number of oxime groups is 1. The van der Waals surface area contributed by atoms with Gasteiger partial charge in [0.15, 0.2) is 6.10 Å². The lowest BCUT2D eigenvalue weighted by molar-refractivity contribution is -0.136. The zero-order valence-corrected chi connectivity index (χ0v) is 16.1. The summed E-state index contributed by atoms with van der Waals surface area (Å²) in [6.45, 7) is 4.60. The Balaban J connectivity index is 1.69. The number of carbonyl (C=O) groups is 1. The van der Waals surface area contributed by atoms with Crippen LogP contribution in [0.25, 0.3) is 0 Å². The van der Waals surface area contributed by atoms with E-state index in [2.05, 4.69) is 5.16 Å². The van der Waals surface area contributed by atoms with Crippen molar-refractivity contribution in [3.63, 3.8) is 0 Å². The first-order valence-corrected chi connectivity index (χ1v) is 9.32. The molecule has 0 saturated carbocycles. The van der Waals surface area contributed by atoms with Gasteiger partial charge in [-0.1, -0.05) is 54.9 Å². The van der Waals surface area contributed by atoms with Crippen LogP contribution in [0.4, 0.5) is 4.39 Å². The molecule has 2 aromatic rings. The molecular weight excluding hydrogens is 367 g/mol. The Morgan fingerprint density at radius 2 is 2.07 bits per heavy atom. The maximum Gasteiger partial charge on any atom is 0.225 e. The summed E-state index contributed by atoms with van der Waals surface area (Å²) < 4.78 is 13.4. The predicted molar refractivity (Wildman–Crippen MR) is 104 cm³/mol. The highest BCUT2D eigenvalue weighted by atomic mass is 35.5. The molecule has 0 fully saturated rings. The van der Waals surface area contributed by atoms with Crippen molar-refractivity contribution in [2.24, 2.45) is 11.1 Å². The van der Waals surface area contributed by atoms with Crippen LogP contribution in [-0.4, -0.2) is 29.2 Å². The second kappa shape index (κ2) is 8.53. The Morgan fingerprint density at radius 1 is 1.30 bits per heavy atom. The van der Waals surface area contributed by atoms with Gasteiger partial charge in [-0.25, -0.2) is 4.39 Å². The third-order valence-electron chi connectivity index (χ3n) is 4.38. The van der Waals surface area contributed by atoms with Gasteiger partial charge in [-0.05, 0) is 29.8 Å². The zero-order chi connectivity index (χ0) is 19.4. The first-order valence-electron chi connectivity index (χ1n) is 8.94. The Bertz CT molecular complexity index is 854. The number of hydrogen-bond acceptors (Lipinski definition) is 3. The van der Waals surface area contributed by atoms with Crippen LogP contribution in [0, 0.1) is 11.7 Å². The Labute approximate surface area is 163 Å². The first kappa shape index (κ1) is 19.4. The van der Waals surface area contributed by atoms with E-state index < -0.39 is 0 Å². The minimum absolute atomic E-state index is 0.0396. The molecule has 1 aliphatic rings. The van der Waals surface area contributed by atoms with Crippen LogP contribution in [0.2, 0.25) is 5.02 Å². The molecule has 0 radical (unpaired) electrons. The lowest BCUT2D eigenvalue weighted by Crippen LogP contribution is -2.39. The van der Waals surface area contributed by atoms with Crippen molar-refractivity contribution in [1.29, 1.82) is 0 Å². The average Bonchev–Trinajstić information content (AvgIpc) is 3.09. The van der Waals surface area contributed by atoms with Gasteiger partial charge in [0.05, 0.1) is 12.3 Å². The molecule has 0 saturated heterocycles. The van der Waals surface area contributed by atoms with Gasteiger partial charge in [0.1, 0.15) is 5.82 Å². The van der Waals surface area contributed by atoms with Gasteiger partial charge < -0.3 is 9.74 Å². The van der Waals surface area contributed by atoms with E-state index in [1.165, 1.54) is 12.1 Å². The largest absolute Gasteiger partial charge is 0.390 e. The lowest BCUT2D eigenvalue weighted by Gasteiger charge is -2.26. The molecule has 1 aliphatic heterocycles. The van der Waals surface area contributed by atoms with Gasteiger partial charge in [-0.15, -0.1) is 0 Å². The molecular formula is C21H22ClFN2O2. The maximum atomic E-state index is 13.4. The molecule has 0 N–H and O–H groups in total. The highest BCUT2D eigenvalue weighted by Crippen LogP contribution is 2.21. The van der Waals surface area contributed by atoms with Crippen molar-refractivity contribution in [3.05, 3.63) is 70.5 Å². The molecule has 4 nitrogen and oxygen atoms in total. The minimum Gasteiger partial charge on any atom is -0.390 e. The molecule has 3 rings (SSSR count). The van der Waals surface area contributed by atoms with Crippen LogP contribution in [-0.2, 0) is 16.2 Å². The fourth-order valence-corrected chi connectivity index (χ4v) is 3.28. The van der Waals surface area contributed by atoms with Crippen molar-refractivity contribution in [1.82, 2.24) is 4.90 Å². The van der Waals surface area contributed by atoms with E-state index in [-0.39, 0.29) is 23.7 Å². The Hall–Kier alpha value is -2.40. The van der Waals surface area contributed by atoms with Gasteiger partial charge >= 0.3 is 0 Å². The standard InChI is InChI=1S/C21H22ClFN2O2/c1-14(2)21(26)25(12-15-5-3-7-17(22)9-15)13-19-11-20(24-27-19)16-6-4-8-18(23)10-16/h3-10,14,19H,11-13H2,1-2H3/t19-/m1/s1. The molecule has 1 amide bonds. The predicted octanol–water partition coefficient (Wildman–Crippen LogP) is 4.66. The summed E-state index contributed by atoms with van der Waals surface area (Å²) in [6, 6.07) is 13.7. The second-order valence-corrected chi connectivity index (χ2v) is 7.42. The third kappa shape index (κ3) is 5.07. The molecule has 1 heterocycles. The van der Waals surface area contributed by atoms with Gasteiger partial charge in [0.2, 0.25) is 5.91 Å². The van der Waals surface area contributed by atoms with Gasteiger partial charge in [0.25, 0.3) is 0 Å². The number of carbonyl (C=O) groups excluding carboxylic acids is 1. The number of hydrogen-bond donors (Lipinski definition) is 0. The lowest BCUT2D eigenvalue weighted by atomic mass is 10.0. The van der Waals surface area contributed by atoms with Crippen molar-refractivity contribution >= 4 is 23.2 Å².